The highest BCUT2D eigenvalue weighted by molar-refractivity contribution is 7.20. The van der Waals surface area contributed by atoms with Crippen molar-refractivity contribution in [1.82, 2.24) is 4.90 Å². The van der Waals surface area contributed by atoms with E-state index in [1.807, 2.05) is 49.4 Å². The molecule has 0 radical (unpaired) electrons. The number of fused-ring (bicyclic) bond motifs is 1. The lowest BCUT2D eigenvalue weighted by Crippen LogP contribution is -2.44. The molecule has 2 heterocycles. The second-order valence-corrected chi connectivity index (χ2v) is 9.35. The number of hydrogen-bond donors (Lipinski definition) is 1. The Bertz CT molecular complexity index is 1210. The molecule has 2 aromatic carbocycles. The number of nitrogens with zero attached hydrogens (tertiary/aromatic N) is 1. The van der Waals surface area contributed by atoms with Crippen LogP contribution in [0.5, 0.6) is 11.5 Å². The normalized spacial score (nSPS) is 14.1. The summed E-state index contributed by atoms with van der Waals surface area (Å²) in [5.41, 5.74) is 3.66. The van der Waals surface area contributed by atoms with Gasteiger partial charge < -0.3 is 19.5 Å². The largest absolute Gasteiger partial charge is 0.493 e. The number of esters is 1. The van der Waals surface area contributed by atoms with Crippen LogP contribution in [0.25, 0.3) is 10.4 Å². The van der Waals surface area contributed by atoms with Gasteiger partial charge in [0.1, 0.15) is 5.00 Å². The Labute approximate surface area is 209 Å². The third-order valence-corrected chi connectivity index (χ3v) is 7.30. The van der Waals surface area contributed by atoms with Crippen molar-refractivity contribution in [3.8, 4) is 21.9 Å². The van der Waals surface area contributed by atoms with Crippen molar-refractivity contribution in [2.24, 2.45) is 0 Å². The van der Waals surface area contributed by atoms with Gasteiger partial charge in [0.05, 0.1) is 32.4 Å². The maximum atomic E-state index is 13.3. The quantitative estimate of drug-likeness (QED) is 0.445. The molecule has 7 nitrogen and oxygen atoms in total. The number of anilines is 1. The van der Waals surface area contributed by atoms with Crippen molar-refractivity contribution < 1.29 is 23.8 Å². The highest BCUT2D eigenvalue weighted by Crippen LogP contribution is 2.37. The molecule has 0 bridgehead atoms. The average Bonchev–Trinajstić information content (AvgIpc) is 3.31. The molecule has 1 N–H and O–H groups in total. The molecule has 0 spiro atoms. The van der Waals surface area contributed by atoms with Crippen molar-refractivity contribution in [2.75, 3.05) is 32.7 Å². The van der Waals surface area contributed by atoms with Crippen LogP contribution in [0.15, 0.2) is 48.5 Å². The van der Waals surface area contributed by atoms with E-state index in [9.17, 15) is 9.59 Å². The van der Waals surface area contributed by atoms with E-state index in [0.717, 1.165) is 29.0 Å². The van der Waals surface area contributed by atoms with E-state index < -0.39 is 12.0 Å². The third kappa shape index (κ3) is 5.33. The fourth-order valence-corrected chi connectivity index (χ4v) is 5.26. The Morgan fingerprint density at radius 1 is 1.06 bits per heavy atom. The van der Waals surface area contributed by atoms with Crippen molar-refractivity contribution in [3.63, 3.8) is 0 Å². The van der Waals surface area contributed by atoms with E-state index in [2.05, 4.69) is 10.2 Å². The monoisotopic (exact) mass is 494 g/mol. The number of thiophene rings is 1. The van der Waals surface area contributed by atoms with Gasteiger partial charge >= 0.3 is 5.97 Å². The Balaban J connectivity index is 1.53. The standard InChI is InChI=1S/C27H30N2O5S/c1-5-34-27(31)21-15-24(18-9-7-6-8-10-18)35-26(21)28-25(30)17(2)29-12-11-19-13-22(32-3)23(33-4)14-20(19)16-29/h6-10,13-15,17H,5,11-12,16H2,1-4H3,(H,28,30). The van der Waals surface area contributed by atoms with Crippen molar-refractivity contribution in [1.29, 1.82) is 0 Å². The molecule has 1 aromatic heterocycles. The Kier molecular flexibility index (Phi) is 7.73. The van der Waals surface area contributed by atoms with Crippen LogP contribution in [0.1, 0.15) is 35.3 Å². The first-order chi connectivity index (χ1) is 16.9. The van der Waals surface area contributed by atoms with Crippen LogP contribution in [-0.4, -0.2) is 50.2 Å². The number of ether oxygens (including phenoxy) is 3. The Morgan fingerprint density at radius 2 is 1.74 bits per heavy atom. The lowest BCUT2D eigenvalue weighted by Gasteiger charge is -2.33. The summed E-state index contributed by atoms with van der Waals surface area (Å²) in [5.74, 6) is 0.781. The number of benzene rings is 2. The number of hydrogen-bond acceptors (Lipinski definition) is 7. The van der Waals surface area contributed by atoms with Crippen LogP contribution in [0, 0.1) is 0 Å². The lowest BCUT2D eigenvalue weighted by molar-refractivity contribution is -0.121. The van der Waals surface area contributed by atoms with Gasteiger partial charge in [-0.25, -0.2) is 4.79 Å². The summed E-state index contributed by atoms with van der Waals surface area (Å²) in [5, 5.41) is 3.50. The van der Waals surface area contributed by atoms with Gasteiger partial charge in [-0.3, -0.25) is 9.69 Å². The van der Waals surface area contributed by atoms with Gasteiger partial charge in [-0.05, 0) is 55.2 Å². The molecule has 3 aromatic rings. The molecule has 1 unspecified atom stereocenters. The predicted octanol–water partition coefficient (Wildman–Crippen LogP) is 4.99. The molecule has 8 heteroatoms. The van der Waals surface area contributed by atoms with Crippen LogP contribution < -0.4 is 14.8 Å². The predicted molar refractivity (Wildman–Crippen MR) is 137 cm³/mol. The van der Waals surface area contributed by atoms with Gasteiger partial charge in [-0.2, -0.15) is 0 Å². The maximum Gasteiger partial charge on any atom is 0.341 e. The zero-order valence-corrected chi connectivity index (χ0v) is 21.2. The molecule has 0 aliphatic carbocycles. The zero-order chi connectivity index (χ0) is 24.9. The van der Waals surface area contributed by atoms with Crippen LogP contribution >= 0.6 is 11.3 Å². The van der Waals surface area contributed by atoms with E-state index in [1.165, 1.54) is 16.9 Å². The molecule has 1 amide bonds. The summed E-state index contributed by atoms with van der Waals surface area (Å²) in [6.07, 6.45) is 0.804. The maximum absolute atomic E-state index is 13.3. The van der Waals surface area contributed by atoms with Gasteiger partial charge in [-0.15, -0.1) is 11.3 Å². The number of nitrogens with one attached hydrogen (secondary N) is 1. The van der Waals surface area contributed by atoms with Crippen molar-refractivity contribution in [3.05, 3.63) is 65.2 Å². The molecule has 35 heavy (non-hydrogen) atoms. The highest BCUT2D eigenvalue weighted by Gasteiger charge is 2.28. The number of methoxy groups -OCH3 is 2. The van der Waals surface area contributed by atoms with Gasteiger partial charge in [-0.1, -0.05) is 30.3 Å². The topological polar surface area (TPSA) is 77.1 Å². The minimum atomic E-state index is -0.443. The number of carbonyl (C=O) groups excluding carboxylic acids is 2. The number of carbonyl (C=O) groups is 2. The molecule has 0 saturated carbocycles. The average molecular weight is 495 g/mol. The highest BCUT2D eigenvalue weighted by atomic mass is 32.1. The molecular weight excluding hydrogens is 464 g/mol. The molecule has 1 aliphatic rings. The van der Waals surface area contributed by atoms with Crippen LogP contribution in [-0.2, 0) is 22.5 Å². The first kappa shape index (κ1) is 24.8. The summed E-state index contributed by atoms with van der Waals surface area (Å²) < 4.78 is 16.1. The van der Waals surface area contributed by atoms with E-state index in [4.69, 9.17) is 14.2 Å². The minimum Gasteiger partial charge on any atom is -0.493 e. The summed E-state index contributed by atoms with van der Waals surface area (Å²) in [4.78, 5) is 28.9. The minimum absolute atomic E-state index is 0.166. The molecule has 0 saturated heterocycles. The van der Waals surface area contributed by atoms with Gasteiger partial charge in [0, 0.05) is 18.0 Å². The van der Waals surface area contributed by atoms with Crippen molar-refractivity contribution in [2.45, 2.75) is 32.9 Å². The lowest BCUT2D eigenvalue weighted by atomic mass is 9.97. The molecule has 184 valence electrons. The summed E-state index contributed by atoms with van der Waals surface area (Å²) in [6.45, 7) is 5.27. The smallest absolute Gasteiger partial charge is 0.341 e. The van der Waals surface area contributed by atoms with Gasteiger partial charge in [0.2, 0.25) is 5.91 Å². The second kappa shape index (κ2) is 10.9. The number of amides is 1. The van der Waals surface area contributed by atoms with E-state index in [1.54, 1.807) is 27.2 Å². The second-order valence-electron chi connectivity index (χ2n) is 8.30. The first-order valence-corrected chi connectivity index (χ1v) is 12.4. The summed E-state index contributed by atoms with van der Waals surface area (Å²) >= 11 is 1.38. The SMILES string of the molecule is CCOC(=O)c1cc(-c2ccccc2)sc1NC(=O)C(C)N1CCc2cc(OC)c(OC)cc2C1. The molecule has 1 aliphatic heterocycles. The zero-order valence-electron chi connectivity index (χ0n) is 20.4. The van der Waals surface area contributed by atoms with Crippen LogP contribution in [0.4, 0.5) is 5.00 Å². The molecule has 4 rings (SSSR count). The molecule has 0 fully saturated rings. The van der Waals surface area contributed by atoms with Crippen molar-refractivity contribution >= 4 is 28.2 Å². The molecular formula is C27H30N2O5S. The van der Waals surface area contributed by atoms with E-state index in [0.29, 0.717) is 28.6 Å². The Morgan fingerprint density at radius 3 is 2.40 bits per heavy atom. The number of rotatable bonds is 8. The molecule has 1 atom stereocenters. The first-order valence-electron chi connectivity index (χ1n) is 11.6. The van der Waals surface area contributed by atoms with Crippen LogP contribution in [0.2, 0.25) is 0 Å². The Hall–Kier alpha value is -3.36. The summed E-state index contributed by atoms with van der Waals surface area (Å²) in [7, 11) is 3.25. The van der Waals surface area contributed by atoms with E-state index in [-0.39, 0.29) is 12.5 Å². The fraction of sp³-hybridized carbons (Fsp3) is 0.333. The van der Waals surface area contributed by atoms with Crippen LogP contribution in [0.3, 0.4) is 0 Å². The van der Waals surface area contributed by atoms with Gasteiger partial charge in [0.25, 0.3) is 0 Å². The summed E-state index contributed by atoms with van der Waals surface area (Å²) in [6, 6.07) is 15.2. The van der Waals surface area contributed by atoms with Gasteiger partial charge in [0.15, 0.2) is 11.5 Å². The third-order valence-electron chi connectivity index (χ3n) is 6.20. The fourth-order valence-electron chi connectivity index (χ4n) is 4.21. The van der Waals surface area contributed by atoms with E-state index >= 15 is 0 Å².